The number of aromatic nitrogens is 2. The highest BCUT2D eigenvalue weighted by Crippen LogP contribution is 2.54. The van der Waals surface area contributed by atoms with Gasteiger partial charge in [-0.15, -0.1) is 8.78 Å². The summed E-state index contributed by atoms with van der Waals surface area (Å²) in [4.78, 5) is 25.7. The van der Waals surface area contributed by atoms with Crippen molar-refractivity contribution in [1.29, 1.82) is 0 Å². The minimum Gasteiger partial charge on any atom is -0.420 e. The molecule has 7 nitrogen and oxygen atoms in total. The lowest BCUT2D eigenvalue weighted by molar-refractivity contribution is -0.123. The first-order valence-corrected chi connectivity index (χ1v) is 10.3. The first-order chi connectivity index (χ1) is 15.2. The van der Waals surface area contributed by atoms with Crippen LogP contribution in [0.5, 0.6) is 5.75 Å². The van der Waals surface area contributed by atoms with E-state index in [0.717, 1.165) is 30.4 Å². The number of amides is 2. The van der Waals surface area contributed by atoms with E-state index in [1.54, 1.807) is 24.4 Å². The van der Waals surface area contributed by atoms with Gasteiger partial charge in [-0.3, -0.25) is 14.7 Å². The lowest BCUT2D eigenvalue weighted by Gasteiger charge is -2.37. The van der Waals surface area contributed by atoms with Crippen LogP contribution in [0.25, 0.3) is 11.3 Å². The predicted molar refractivity (Wildman–Crippen MR) is 114 cm³/mol. The zero-order valence-electron chi connectivity index (χ0n) is 16.5. The molecule has 164 valence electrons. The number of ether oxygens (including phenoxy) is 1. The zero-order chi connectivity index (χ0) is 22.5. The fourth-order valence-electron chi connectivity index (χ4n) is 4.31. The van der Waals surface area contributed by atoms with Crippen LogP contribution in [0.3, 0.4) is 0 Å². The number of nitrogens with zero attached hydrogens (tertiary/aromatic N) is 1. The van der Waals surface area contributed by atoms with Crippen LogP contribution in [0.1, 0.15) is 35.2 Å². The van der Waals surface area contributed by atoms with E-state index in [1.807, 2.05) is 0 Å². The highest BCUT2D eigenvalue weighted by atomic mass is 35.5. The highest BCUT2D eigenvalue weighted by molar-refractivity contribution is 6.20. The summed E-state index contributed by atoms with van der Waals surface area (Å²) in [5.74, 6) is -0.618. The molecule has 32 heavy (non-hydrogen) atoms. The molecule has 3 N–H and O–H groups in total. The molecular formula is C22H17ClF2N4O3. The van der Waals surface area contributed by atoms with E-state index >= 15 is 0 Å². The third-order valence-corrected chi connectivity index (χ3v) is 5.98. The first-order valence-electron chi connectivity index (χ1n) is 9.92. The number of halogens is 3. The van der Waals surface area contributed by atoms with Crippen molar-refractivity contribution in [1.82, 2.24) is 10.2 Å². The summed E-state index contributed by atoms with van der Waals surface area (Å²) in [6.45, 7) is 0. The number of fused-ring (bicyclic) bond motifs is 2. The van der Waals surface area contributed by atoms with E-state index in [9.17, 15) is 18.4 Å². The van der Waals surface area contributed by atoms with Crippen LogP contribution in [-0.2, 0) is 10.2 Å². The Morgan fingerprint density at radius 1 is 1.19 bits per heavy atom. The first kappa shape index (κ1) is 20.4. The molecule has 0 unspecified atom stereocenters. The summed E-state index contributed by atoms with van der Waals surface area (Å²) in [6, 6.07) is 10.6. The fourth-order valence-corrected chi connectivity index (χ4v) is 4.40. The van der Waals surface area contributed by atoms with Gasteiger partial charge in [0.1, 0.15) is 5.75 Å². The van der Waals surface area contributed by atoms with Crippen molar-refractivity contribution < 1.29 is 23.1 Å². The lowest BCUT2D eigenvalue weighted by atomic mass is 9.64. The Morgan fingerprint density at radius 3 is 2.53 bits per heavy atom. The molecule has 1 fully saturated rings. The second-order valence-electron chi connectivity index (χ2n) is 7.83. The van der Waals surface area contributed by atoms with Crippen LogP contribution < -0.4 is 15.4 Å². The summed E-state index contributed by atoms with van der Waals surface area (Å²) < 4.78 is 29.8. The standard InChI is InChI=1S/C22H17ClF2N4O3/c23-22(24,25)32-14-4-2-13(3-5-14)27-19(30)12-10-15(16-6-9-26-29-16)18-17(11-12)28-20(31)21(18)7-1-8-21/h2-6,9-11H,1,7-8H2,(H,26,29)(H,27,30)(H,28,31). The monoisotopic (exact) mass is 458 g/mol. The van der Waals surface area contributed by atoms with Crippen molar-refractivity contribution in [2.75, 3.05) is 10.6 Å². The Labute approximate surface area is 186 Å². The average Bonchev–Trinajstić information content (AvgIpc) is 3.32. The Morgan fingerprint density at radius 2 is 1.94 bits per heavy atom. The number of H-pyrrole nitrogens is 1. The van der Waals surface area contributed by atoms with Gasteiger partial charge in [0.25, 0.3) is 5.91 Å². The SMILES string of the molecule is O=C(Nc1ccc(OC(F)(F)Cl)cc1)c1cc2c(c(-c3ccn[nH]3)c1)C1(CCC1)C(=O)N2. The van der Waals surface area contributed by atoms with Crippen molar-refractivity contribution in [3.63, 3.8) is 0 Å². The third-order valence-electron chi connectivity index (χ3n) is 5.91. The third kappa shape index (κ3) is 3.48. The molecule has 3 aromatic rings. The van der Waals surface area contributed by atoms with Crippen molar-refractivity contribution in [2.45, 2.75) is 30.2 Å². The Bertz CT molecular complexity index is 1200. The molecule has 0 saturated heterocycles. The van der Waals surface area contributed by atoms with Crippen molar-refractivity contribution >= 4 is 34.8 Å². The number of benzene rings is 2. The molecule has 2 amide bonds. The zero-order valence-corrected chi connectivity index (χ0v) is 17.3. The van der Waals surface area contributed by atoms with Crippen LogP contribution in [0.4, 0.5) is 20.2 Å². The molecule has 1 spiro atoms. The molecule has 5 rings (SSSR count). The molecule has 1 aromatic heterocycles. The van der Waals surface area contributed by atoms with Gasteiger partial charge >= 0.3 is 5.57 Å². The Kier molecular flexibility index (Phi) is 4.67. The second-order valence-corrected chi connectivity index (χ2v) is 8.27. The van der Waals surface area contributed by atoms with E-state index in [1.165, 1.54) is 24.3 Å². The van der Waals surface area contributed by atoms with E-state index in [-0.39, 0.29) is 11.7 Å². The molecule has 2 aliphatic rings. The molecule has 2 aromatic carbocycles. The Balaban J connectivity index is 1.46. The van der Waals surface area contributed by atoms with Gasteiger partial charge in [0.2, 0.25) is 5.91 Å². The summed E-state index contributed by atoms with van der Waals surface area (Å²) >= 11 is 4.76. The van der Waals surface area contributed by atoms with Crippen LogP contribution in [0.15, 0.2) is 48.7 Å². The maximum Gasteiger partial charge on any atom is 0.487 e. The van der Waals surface area contributed by atoms with Gasteiger partial charge in [-0.05, 0) is 55.3 Å². The Hall–Kier alpha value is -3.46. The summed E-state index contributed by atoms with van der Waals surface area (Å²) in [7, 11) is 0. The number of anilines is 2. The van der Waals surface area contributed by atoms with Gasteiger partial charge in [0, 0.05) is 45.9 Å². The lowest BCUT2D eigenvalue weighted by Crippen LogP contribution is -2.41. The van der Waals surface area contributed by atoms with E-state index in [4.69, 9.17) is 11.6 Å². The molecule has 1 saturated carbocycles. The number of alkyl halides is 3. The van der Waals surface area contributed by atoms with Gasteiger partial charge in [0.05, 0.1) is 11.1 Å². The van der Waals surface area contributed by atoms with Crippen molar-refractivity contribution in [3.8, 4) is 17.0 Å². The van der Waals surface area contributed by atoms with Gasteiger partial charge < -0.3 is 15.4 Å². The van der Waals surface area contributed by atoms with Crippen molar-refractivity contribution in [2.24, 2.45) is 0 Å². The van der Waals surface area contributed by atoms with Crippen LogP contribution >= 0.6 is 11.6 Å². The summed E-state index contributed by atoms with van der Waals surface area (Å²) in [6.07, 6.45) is 4.09. The van der Waals surface area contributed by atoms with Crippen molar-refractivity contribution in [3.05, 3.63) is 59.8 Å². The smallest absolute Gasteiger partial charge is 0.420 e. The van der Waals surface area contributed by atoms with Gasteiger partial charge in [-0.2, -0.15) is 5.10 Å². The van der Waals surface area contributed by atoms with E-state index in [0.29, 0.717) is 22.6 Å². The normalized spacial score (nSPS) is 16.3. The average molecular weight is 459 g/mol. The molecule has 0 radical (unpaired) electrons. The topological polar surface area (TPSA) is 96.1 Å². The molecule has 0 atom stereocenters. The molecule has 10 heteroatoms. The summed E-state index contributed by atoms with van der Waals surface area (Å²) in [5, 5.41) is 12.6. The fraction of sp³-hybridized carbons (Fsp3) is 0.227. The molecule has 1 aliphatic heterocycles. The number of hydrogen-bond donors (Lipinski definition) is 3. The maximum absolute atomic E-state index is 13.0. The molecular weight excluding hydrogens is 442 g/mol. The number of aromatic amines is 1. The van der Waals surface area contributed by atoms with Gasteiger partial charge in [0.15, 0.2) is 0 Å². The number of carbonyl (C=O) groups excluding carboxylic acids is 2. The van der Waals surface area contributed by atoms with E-state index in [2.05, 4.69) is 25.6 Å². The largest absolute Gasteiger partial charge is 0.487 e. The van der Waals surface area contributed by atoms with Gasteiger partial charge in [-0.25, -0.2) is 0 Å². The predicted octanol–water partition coefficient (Wildman–Crippen LogP) is 4.87. The number of hydrogen-bond acceptors (Lipinski definition) is 4. The second kappa shape index (κ2) is 7.30. The van der Waals surface area contributed by atoms with Gasteiger partial charge in [-0.1, -0.05) is 6.42 Å². The van der Waals surface area contributed by atoms with Crippen LogP contribution in [0, 0.1) is 0 Å². The highest BCUT2D eigenvalue weighted by Gasteiger charge is 2.52. The molecule has 0 bridgehead atoms. The number of rotatable bonds is 5. The molecule has 2 heterocycles. The minimum absolute atomic E-state index is 0.0521. The quantitative estimate of drug-likeness (QED) is 0.475. The van der Waals surface area contributed by atoms with Crippen LogP contribution in [0.2, 0.25) is 0 Å². The summed E-state index contributed by atoms with van der Waals surface area (Å²) in [5.41, 5.74) is -0.719. The number of carbonyl (C=O) groups is 2. The molecule has 1 aliphatic carbocycles. The maximum atomic E-state index is 13.0. The minimum atomic E-state index is -3.82. The van der Waals surface area contributed by atoms with E-state index < -0.39 is 16.9 Å². The van der Waals surface area contributed by atoms with Crippen LogP contribution in [-0.4, -0.2) is 27.6 Å². The number of nitrogens with one attached hydrogen (secondary N) is 3.